The summed E-state index contributed by atoms with van der Waals surface area (Å²) in [7, 11) is 0. The summed E-state index contributed by atoms with van der Waals surface area (Å²) in [6.45, 7) is 2.64. The summed E-state index contributed by atoms with van der Waals surface area (Å²) in [6.07, 6.45) is 5.87. The van der Waals surface area contributed by atoms with Crippen molar-refractivity contribution in [2.75, 3.05) is 6.79 Å². The largest absolute Gasteiger partial charge is 0.454 e. The molecule has 2 aromatic carbocycles. The van der Waals surface area contributed by atoms with Crippen LogP contribution in [0.3, 0.4) is 0 Å². The summed E-state index contributed by atoms with van der Waals surface area (Å²) >= 11 is 0. The minimum Gasteiger partial charge on any atom is -0.454 e. The minimum absolute atomic E-state index is 0.0139. The standard InChI is InChI=1S/C26H32N2O4/c1-2-22(26(30)27-21-10-6-7-11-21)28(17-20-8-4-3-5-9-20)25(29)15-13-19-12-14-23-24(16-19)32-18-31-23/h3-5,8-9,12,14,16,21-22H,2,6-7,10-11,13,15,17-18H2,1H3,(H,27,30)/t22-/m0/s1. The Kier molecular flexibility index (Phi) is 7.30. The fourth-order valence-corrected chi connectivity index (χ4v) is 4.56. The van der Waals surface area contributed by atoms with Crippen molar-refractivity contribution in [1.82, 2.24) is 10.2 Å². The molecule has 1 fully saturated rings. The van der Waals surface area contributed by atoms with Crippen molar-refractivity contribution >= 4 is 11.8 Å². The van der Waals surface area contributed by atoms with Gasteiger partial charge in [0.25, 0.3) is 0 Å². The van der Waals surface area contributed by atoms with Crippen LogP contribution in [0.15, 0.2) is 48.5 Å². The van der Waals surface area contributed by atoms with E-state index in [1.54, 1.807) is 4.90 Å². The molecule has 2 amide bonds. The first-order valence-corrected chi connectivity index (χ1v) is 11.7. The lowest BCUT2D eigenvalue weighted by Gasteiger charge is -2.31. The molecule has 0 spiro atoms. The number of carbonyl (C=O) groups is 2. The quantitative estimate of drug-likeness (QED) is 0.639. The molecule has 32 heavy (non-hydrogen) atoms. The van der Waals surface area contributed by atoms with E-state index in [2.05, 4.69) is 5.32 Å². The van der Waals surface area contributed by atoms with Gasteiger partial charge in [0.2, 0.25) is 18.6 Å². The number of benzene rings is 2. The highest BCUT2D eigenvalue weighted by molar-refractivity contribution is 5.88. The third kappa shape index (κ3) is 5.42. The normalized spacial score (nSPS) is 16.0. The van der Waals surface area contributed by atoms with Gasteiger partial charge in [0.15, 0.2) is 11.5 Å². The van der Waals surface area contributed by atoms with Gasteiger partial charge in [0.05, 0.1) is 0 Å². The van der Waals surface area contributed by atoms with Crippen molar-refractivity contribution in [2.45, 2.75) is 70.5 Å². The van der Waals surface area contributed by atoms with Gasteiger partial charge >= 0.3 is 0 Å². The van der Waals surface area contributed by atoms with Crippen LogP contribution in [-0.4, -0.2) is 35.6 Å². The van der Waals surface area contributed by atoms with Crippen LogP contribution in [0.5, 0.6) is 11.5 Å². The molecule has 2 aromatic rings. The Morgan fingerprint density at radius 1 is 1.03 bits per heavy atom. The van der Waals surface area contributed by atoms with Crippen LogP contribution in [-0.2, 0) is 22.6 Å². The molecule has 1 aliphatic heterocycles. The zero-order valence-electron chi connectivity index (χ0n) is 18.7. The van der Waals surface area contributed by atoms with Gasteiger partial charge in [0.1, 0.15) is 6.04 Å². The summed E-state index contributed by atoms with van der Waals surface area (Å²) in [5, 5.41) is 3.19. The summed E-state index contributed by atoms with van der Waals surface area (Å²) in [5.41, 5.74) is 2.04. The van der Waals surface area contributed by atoms with Crippen LogP contribution in [0.25, 0.3) is 0 Å². The number of hydrogen-bond donors (Lipinski definition) is 1. The molecule has 6 heteroatoms. The molecule has 1 heterocycles. The van der Waals surface area contributed by atoms with Gasteiger partial charge in [0, 0.05) is 19.0 Å². The number of nitrogens with one attached hydrogen (secondary N) is 1. The SMILES string of the molecule is CC[C@@H](C(=O)NC1CCCC1)N(Cc1ccccc1)C(=O)CCc1ccc2c(c1)OCO2. The topological polar surface area (TPSA) is 67.9 Å². The van der Waals surface area contributed by atoms with Gasteiger partial charge in [-0.1, -0.05) is 56.2 Å². The number of carbonyl (C=O) groups excluding carboxylic acids is 2. The van der Waals surface area contributed by atoms with Gasteiger partial charge in [-0.2, -0.15) is 0 Å². The molecule has 6 nitrogen and oxygen atoms in total. The van der Waals surface area contributed by atoms with E-state index < -0.39 is 6.04 Å². The third-order valence-electron chi connectivity index (χ3n) is 6.35. The zero-order valence-corrected chi connectivity index (χ0v) is 18.7. The fraction of sp³-hybridized carbons (Fsp3) is 0.462. The molecule has 2 aliphatic rings. The van der Waals surface area contributed by atoms with E-state index >= 15 is 0 Å². The van der Waals surface area contributed by atoms with E-state index in [1.165, 1.54) is 0 Å². The molecule has 0 unspecified atom stereocenters. The van der Waals surface area contributed by atoms with E-state index in [-0.39, 0.29) is 24.6 Å². The second-order valence-electron chi connectivity index (χ2n) is 8.61. The molecule has 0 bridgehead atoms. The maximum absolute atomic E-state index is 13.4. The lowest BCUT2D eigenvalue weighted by atomic mass is 10.1. The number of amides is 2. The van der Waals surface area contributed by atoms with Crippen LogP contribution < -0.4 is 14.8 Å². The van der Waals surface area contributed by atoms with Crippen LogP contribution in [0.2, 0.25) is 0 Å². The Labute approximate surface area is 189 Å². The van der Waals surface area contributed by atoms with Crippen LogP contribution in [0.4, 0.5) is 0 Å². The number of aryl methyl sites for hydroxylation is 1. The number of fused-ring (bicyclic) bond motifs is 1. The van der Waals surface area contributed by atoms with E-state index in [9.17, 15) is 9.59 Å². The van der Waals surface area contributed by atoms with Gasteiger partial charge in [-0.3, -0.25) is 9.59 Å². The van der Waals surface area contributed by atoms with Crippen LogP contribution in [0.1, 0.15) is 56.6 Å². The molecule has 1 atom stereocenters. The summed E-state index contributed by atoms with van der Waals surface area (Å²) < 4.78 is 10.8. The number of rotatable bonds is 9. The molecule has 1 aliphatic carbocycles. The fourth-order valence-electron chi connectivity index (χ4n) is 4.56. The van der Waals surface area contributed by atoms with E-state index in [4.69, 9.17) is 9.47 Å². The second-order valence-corrected chi connectivity index (χ2v) is 8.61. The number of ether oxygens (including phenoxy) is 2. The van der Waals surface area contributed by atoms with Gasteiger partial charge in [-0.25, -0.2) is 0 Å². The highest BCUT2D eigenvalue weighted by atomic mass is 16.7. The average Bonchev–Trinajstić information content (AvgIpc) is 3.49. The van der Waals surface area contributed by atoms with Crippen molar-refractivity contribution in [3.8, 4) is 11.5 Å². The third-order valence-corrected chi connectivity index (χ3v) is 6.35. The first kappa shape index (κ1) is 22.2. The van der Waals surface area contributed by atoms with Crippen molar-refractivity contribution < 1.29 is 19.1 Å². The second kappa shape index (κ2) is 10.5. The van der Waals surface area contributed by atoms with Gasteiger partial charge < -0.3 is 19.7 Å². The van der Waals surface area contributed by atoms with Gasteiger partial charge in [-0.15, -0.1) is 0 Å². The van der Waals surface area contributed by atoms with Gasteiger partial charge in [-0.05, 0) is 48.9 Å². The summed E-state index contributed by atoms with van der Waals surface area (Å²) in [4.78, 5) is 28.3. The highest BCUT2D eigenvalue weighted by Gasteiger charge is 2.30. The van der Waals surface area contributed by atoms with Crippen molar-refractivity contribution in [2.24, 2.45) is 0 Å². The maximum atomic E-state index is 13.4. The molecular weight excluding hydrogens is 404 g/mol. The maximum Gasteiger partial charge on any atom is 0.243 e. The first-order valence-electron chi connectivity index (χ1n) is 11.7. The summed E-state index contributed by atoms with van der Waals surface area (Å²) in [6, 6.07) is 15.4. The zero-order chi connectivity index (χ0) is 22.3. The molecular formula is C26H32N2O4. The number of hydrogen-bond acceptors (Lipinski definition) is 4. The molecule has 0 saturated heterocycles. The lowest BCUT2D eigenvalue weighted by Crippen LogP contribution is -2.51. The van der Waals surface area contributed by atoms with E-state index in [0.29, 0.717) is 25.8 Å². The lowest BCUT2D eigenvalue weighted by molar-refractivity contribution is -0.141. The Balaban J connectivity index is 1.46. The molecule has 170 valence electrons. The van der Waals surface area contributed by atoms with Crippen molar-refractivity contribution in [1.29, 1.82) is 0 Å². The van der Waals surface area contributed by atoms with Crippen molar-refractivity contribution in [3.63, 3.8) is 0 Å². The first-order chi connectivity index (χ1) is 15.6. The number of nitrogens with zero attached hydrogens (tertiary/aromatic N) is 1. The molecule has 1 saturated carbocycles. The smallest absolute Gasteiger partial charge is 0.243 e. The highest BCUT2D eigenvalue weighted by Crippen LogP contribution is 2.33. The Hall–Kier alpha value is -3.02. The van der Waals surface area contributed by atoms with E-state index in [0.717, 1.165) is 48.3 Å². The Bertz CT molecular complexity index is 925. The van der Waals surface area contributed by atoms with Crippen LogP contribution in [0, 0.1) is 0 Å². The Morgan fingerprint density at radius 3 is 2.53 bits per heavy atom. The molecule has 4 rings (SSSR count). The summed E-state index contributed by atoms with van der Waals surface area (Å²) in [5.74, 6) is 1.41. The molecule has 1 N–H and O–H groups in total. The minimum atomic E-state index is -0.472. The predicted octanol–water partition coefficient (Wildman–Crippen LogP) is 4.21. The van der Waals surface area contributed by atoms with Crippen molar-refractivity contribution in [3.05, 3.63) is 59.7 Å². The van der Waals surface area contributed by atoms with Crippen LogP contribution >= 0.6 is 0 Å². The average molecular weight is 437 g/mol. The molecule has 0 radical (unpaired) electrons. The monoisotopic (exact) mass is 436 g/mol. The van der Waals surface area contributed by atoms with E-state index in [1.807, 2.05) is 55.5 Å². The molecule has 0 aromatic heterocycles. The Morgan fingerprint density at radius 2 is 1.78 bits per heavy atom. The predicted molar refractivity (Wildman–Crippen MR) is 122 cm³/mol.